The predicted molar refractivity (Wildman–Crippen MR) is 109 cm³/mol. The molecule has 1 saturated heterocycles. The Morgan fingerprint density at radius 1 is 0.714 bits per heavy atom. The van der Waals surface area contributed by atoms with Gasteiger partial charge >= 0.3 is 25.6 Å². The monoisotopic (exact) mass is 542 g/mol. The fourth-order valence-electron chi connectivity index (χ4n) is 1.60. The summed E-state index contributed by atoms with van der Waals surface area (Å²) in [4.78, 5) is 36.1. The first kappa shape index (κ1) is 28.0. The standard InChI is InChI=1S/C10H17ClN2O3.C3Cl6O3/c1-10(2,3)16-9(15)13-6-4-12(5-7-13)8(11)14;4-2(5,6)11-1(10)12-3(7,8)9/h4-7H2,1-3H3;. The summed E-state index contributed by atoms with van der Waals surface area (Å²) in [6.45, 7) is 7.32. The molecule has 28 heavy (non-hydrogen) atoms. The number of hydrogen-bond donors (Lipinski definition) is 0. The molecule has 1 aliphatic heterocycles. The van der Waals surface area contributed by atoms with E-state index in [1.165, 1.54) is 4.90 Å². The smallest absolute Gasteiger partial charge is 0.444 e. The first-order chi connectivity index (χ1) is 12.4. The Kier molecular flexibility index (Phi) is 11.5. The van der Waals surface area contributed by atoms with Gasteiger partial charge in [-0.2, -0.15) is 0 Å². The number of piperazine rings is 1. The molecule has 8 nitrogen and oxygen atoms in total. The lowest BCUT2D eigenvalue weighted by molar-refractivity contribution is 0.0177. The van der Waals surface area contributed by atoms with Crippen LogP contribution in [-0.4, -0.2) is 67.2 Å². The maximum atomic E-state index is 11.7. The molecule has 0 aliphatic carbocycles. The lowest BCUT2D eigenvalue weighted by Gasteiger charge is -2.34. The van der Waals surface area contributed by atoms with Crippen molar-refractivity contribution in [1.82, 2.24) is 9.80 Å². The number of carbonyl (C=O) groups excluding carboxylic acids is 3. The number of halogens is 7. The van der Waals surface area contributed by atoms with Gasteiger partial charge < -0.3 is 24.0 Å². The third kappa shape index (κ3) is 15.0. The van der Waals surface area contributed by atoms with E-state index >= 15 is 0 Å². The van der Waals surface area contributed by atoms with Crippen LogP contribution in [0.3, 0.4) is 0 Å². The molecule has 0 N–H and O–H groups in total. The predicted octanol–water partition coefficient (Wildman–Crippen LogP) is 5.69. The van der Waals surface area contributed by atoms with Gasteiger partial charge in [-0.1, -0.05) is 0 Å². The summed E-state index contributed by atoms with van der Waals surface area (Å²) in [6, 6.07) is 0. The number of amides is 2. The maximum absolute atomic E-state index is 11.7. The average molecular weight is 545 g/mol. The first-order valence-electron chi connectivity index (χ1n) is 7.37. The maximum Gasteiger partial charge on any atom is 0.515 e. The highest BCUT2D eigenvalue weighted by Gasteiger charge is 2.32. The molecule has 1 fully saturated rings. The quantitative estimate of drug-likeness (QED) is 0.168. The largest absolute Gasteiger partial charge is 0.515 e. The van der Waals surface area contributed by atoms with Gasteiger partial charge in [-0.3, -0.25) is 4.79 Å². The van der Waals surface area contributed by atoms with E-state index < -0.39 is 25.1 Å². The van der Waals surface area contributed by atoms with E-state index in [9.17, 15) is 14.4 Å². The van der Waals surface area contributed by atoms with Crippen LogP contribution >= 0.6 is 81.2 Å². The number of ether oxygens (including phenoxy) is 3. The van der Waals surface area contributed by atoms with Crippen LogP contribution in [0.2, 0.25) is 0 Å². The second-order valence-corrected chi connectivity index (χ2v) is 10.7. The minimum absolute atomic E-state index is 0.339. The third-order valence-corrected chi connectivity index (χ3v) is 3.28. The van der Waals surface area contributed by atoms with Crippen LogP contribution in [0.25, 0.3) is 0 Å². The molecule has 0 aromatic carbocycles. The molecule has 0 aromatic rings. The summed E-state index contributed by atoms with van der Waals surface area (Å²) in [5.41, 5.74) is -0.490. The molecule has 0 aromatic heterocycles. The van der Waals surface area contributed by atoms with Gasteiger partial charge in [0.15, 0.2) is 0 Å². The summed E-state index contributed by atoms with van der Waals surface area (Å²) in [5, 5.41) is -0.469. The van der Waals surface area contributed by atoms with Crippen molar-refractivity contribution in [3.05, 3.63) is 0 Å². The number of alkyl halides is 6. The van der Waals surface area contributed by atoms with Gasteiger partial charge in [-0.15, -0.1) is 0 Å². The number of nitrogens with zero attached hydrogens (tertiary/aromatic N) is 2. The summed E-state index contributed by atoms with van der Waals surface area (Å²) in [6.07, 6.45) is -1.75. The van der Waals surface area contributed by atoms with Gasteiger partial charge in [-0.25, -0.2) is 9.59 Å². The van der Waals surface area contributed by atoms with Gasteiger partial charge in [-0.05, 0) is 102 Å². The Morgan fingerprint density at radius 2 is 1.07 bits per heavy atom. The van der Waals surface area contributed by atoms with Gasteiger partial charge in [0, 0.05) is 26.2 Å². The Balaban J connectivity index is 0.000000546. The van der Waals surface area contributed by atoms with Crippen molar-refractivity contribution in [3.8, 4) is 0 Å². The Morgan fingerprint density at radius 3 is 1.36 bits per heavy atom. The van der Waals surface area contributed by atoms with Crippen molar-refractivity contribution in [1.29, 1.82) is 0 Å². The Hall–Kier alpha value is 0.0400. The zero-order valence-electron chi connectivity index (χ0n) is 14.8. The number of hydrogen-bond acceptors (Lipinski definition) is 6. The summed E-state index contributed by atoms with van der Waals surface area (Å²) >= 11 is 35.6. The SMILES string of the molecule is CC(C)(C)OC(=O)N1CCN(C(=O)Cl)CC1.O=C(OC(Cl)(Cl)Cl)OC(Cl)(Cl)Cl. The highest BCUT2D eigenvalue weighted by Crippen LogP contribution is 2.32. The van der Waals surface area contributed by atoms with E-state index in [0.717, 1.165) is 0 Å². The summed E-state index contributed by atoms with van der Waals surface area (Å²) in [5.74, 6) is 0. The number of rotatable bonds is 0. The molecule has 0 saturated carbocycles. The minimum Gasteiger partial charge on any atom is -0.444 e. The second kappa shape index (κ2) is 11.4. The van der Waals surface area contributed by atoms with Crippen LogP contribution in [0.15, 0.2) is 0 Å². The van der Waals surface area contributed by atoms with Crippen molar-refractivity contribution in [3.63, 3.8) is 0 Å². The fourth-order valence-corrected chi connectivity index (χ4v) is 2.15. The molecule has 1 rings (SSSR count). The Bertz CT molecular complexity index is 533. The molecule has 0 radical (unpaired) electrons. The normalized spacial score (nSPS) is 15.2. The van der Waals surface area contributed by atoms with Gasteiger partial charge in [0.2, 0.25) is 0 Å². The summed E-state index contributed by atoms with van der Waals surface area (Å²) < 4.78 is 8.73. The molecule has 164 valence electrons. The van der Waals surface area contributed by atoms with E-state index in [-0.39, 0.29) is 6.09 Å². The topological polar surface area (TPSA) is 85.4 Å². The first-order valence-corrected chi connectivity index (χ1v) is 10.0. The van der Waals surface area contributed by atoms with E-state index in [1.807, 2.05) is 20.8 Å². The molecular weight excluding hydrogens is 528 g/mol. The second-order valence-electron chi connectivity index (χ2n) is 6.05. The number of carbonyl (C=O) groups is 3. The summed E-state index contributed by atoms with van der Waals surface area (Å²) in [7, 11) is 0. The molecule has 0 bridgehead atoms. The highest BCUT2D eigenvalue weighted by atomic mass is 35.6. The van der Waals surface area contributed by atoms with Crippen molar-refractivity contribution in [2.45, 2.75) is 34.3 Å². The highest BCUT2D eigenvalue weighted by molar-refractivity contribution is 6.67. The van der Waals surface area contributed by atoms with E-state index in [2.05, 4.69) is 9.47 Å². The van der Waals surface area contributed by atoms with E-state index in [4.69, 9.17) is 85.9 Å². The molecule has 2 amide bonds. The van der Waals surface area contributed by atoms with Gasteiger partial charge in [0.25, 0.3) is 0 Å². The average Bonchev–Trinajstić information content (AvgIpc) is 2.42. The van der Waals surface area contributed by atoms with Gasteiger partial charge in [0.05, 0.1) is 0 Å². The van der Waals surface area contributed by atoms with E-state index in [0.29, 0.717) is 26.2 Å². The van der Waals surface area contributed by atoms with Crippen LogP contribution in [0, 0.1) is 0 Å². The molecule has 0 unspecified atom stereocenters. The molecule has 0 spiro atoms. The Labute approximate surface area is 197 Å². The lowest BCUT2D eigenvalue weighted by Crippen LogP contribution is -2.50. The van der Waals surface area contributed by atoms with Crippen molar-refractivity contribution in [2.75, 3.05) is 26.2 Å². The zero-order chi connectivity index (χ0) is 22.3. The van der Waals surface area contributed by atoms with Crippen molar-refractivity contribution in [2.24, 2.45) is 0 Å². The zero-order valence-corrected chi connectivity index (χ0v) is 20.1. The van der Waals surface area contributed by atoms with Crippen LogP contribution in [-0.2, 0) is 14.2 Å². The molecule has 0 atom stereocenters. The van der Waals surface area contributed by atoms with Crippen molar-refractivity contribution >= 4 is 98.8 Å². The van der Waals surface area contributed by atoms with E-state index in [1.54, 1.807) is 4.90 Å². The molecular formula is C13H17Cl7N2O6. The fraction of sp³-hybridized carbons (Fsp3) is 0.769. The van der Waals surface area contributed by atoms with Crippen LogP contribution in [0.1, 0.15) is 20.8 Å². The lowest BCUT2D eigenvalue weighted by atomic mass is 10.2. The molecule has 1 heterocycles. The van der Waals surface area contributed by atoms with Crippen LogP contribution in [0.4, 0.5) is 14.4 Å². The van der Waals surface area contributed by atoms with Crippen LogP contribution < -0.4 is 0 Å². The third-order valence-electron chi connectivity index (χ3n) is 2.58. The minimum atomic E-state index is -2.24. The van der Waals surface area contributed by atoms with Crippen molar-refractivity contribution < 1.29 is 28.6 Å². The van der Waals surface area contributed by atoms with Crippen LogP contribution in [0.5, 0.6) is 0 Å². The van der Waals surface area contributed by atoms with Gasteiger partial charge in [0.1, 0.15) is 5.60 Å². The molecule has 1 aliphatic rings. The molecule has 15 heteroatoms.